The van der Waals surface area contributed by atoms with Gasteiger partial charge in [-0.05, 0) is 26.0 Å². The second-order valence-electron chi connectivity index (χ2n) is 2.98. The summed E-state index contributed by atoms with van der Waals surface area (Å²) in [5.41, 5.74) is 0. The van der Waals surface area contributed by atoms with Crippen LogP contribution in [0.25, 0.3) is 0 Å². The summed E-state index contributed by atoms with van der Waals surface area (Å²) in [6.45, 7) is 3.73. The molecule has 0 atom stereocenters. The number of halogens is 1. The first-order valence-corrected chi connectivity index (χ1v) is 4.22. The number of hydrogen-bond donors (Lipinski definition) is 1. The van der Waals surface area contributed by atoms with Crippen LogP contribution in [0.3, 0.4) is 0 Å². The molecule has 1 radical (unpaired) electrons. The Morgan fingerprint density at radius 3 is 2.71 bits per heavy atom. The number of rotatable bonds is 4. The van der Waals surface area contributed by atoms with Gasteiger partial charge in [0, 0.05) is 6.07 Å². The van der Waals surface area contributed by atoms with Gasteiger partial charge < -0.3 is 14.4 Å². The third-order valence-electron chi connectivity index (χ3n) is 1.45. The zero-order chi connectivity index (χ0) is 10.6. The largest absolute Gasteiger partial charge is 0.569 e. The standard InChI is InChI=1S/C9H11BFO3/c1-6(2)13-7-3-4-8(11)9(5-7)14-10-12/h3-6,12H,1-2H3. The lowest BCUT2D eigenvalue weighted by Gasteiger charge is -2.11. The fraction of sp³-hybridized carbons (Fsp3) is 0.333. The van der Waals surface area contributed by atoms with Crippen LogP contribution in [0.1, 0.15) is 13.8 Å². The second-order valence-corrected chi connectivity index (χ2v) is 2.98. The Hall–Kier alpha value is -1.23. The highest BCUT2D eigenvalue weighted by atomic mass is 19.1. The van der Waals surface area contributed by atoms with Crippen LogP contribution in [0.2, 0.25) is 0 Å². The Bertz CT molecular complexity index is 304. The predicted octanol–water partition coefficient (Wildman–Crippen LogP) is 1.52. The normalized spacial score (nSPS) is 10.1. The van der Waals surface area contributed by atoms with Crippen molar-refractivity contribution < 1.29 is 18.8 Å². The van der Waals surface area contributed by atoms with E-state index in [2.05, 4.69) is 4.65 Å². The molecule has 1 aromatic carbocycles. The maximum atomic E-state index is 13.0. The molecule has 0 bridgehead atoms. The van der Waals surface area contributed by atoms with Gasteiger partial charge in [-0.25, -0.2) is 4.39 Å². The summed E-state index contributed by atoms with van der Waals surface area (Å²) in [6, 6.07) is 4.10. The molecular weight excluding hydrogens is 186 g/mol. The van der Waals surface area contributed by atoms with Gasteiger partial charge >= 0.3 is 7.69 Å². The van der Waals surface area contributed by atoms with E-state index in [0.717, 1.165) is 0 Å². The molecule has 14 heavy (non-hydrogen) atoms. The van der Waals surface area contributed by atoms with Crippen molar-refractivity contribution in [1.82, 2.24) is 0 Å². The van der Waals surface area contributed by atoms with Crippen LogP contribution >= 0.6 is 0 Å². The van der Waals surface area contributed by atoms with Crippen LogP contribution in [0.5, 0.6) is 11.5 Å². The minimum Gasteiger partial charge on any atom is -0.535 e. The Morgan fingerprint density at radius 1 is 1.43 bits per heavy atom. The Kier molecular flexibility index (Phi) is 3.77. The van der Waals surface area contributed by atoms with Gasteiger partial charge in [0.25, 0.3) is 0 Å². The Labute approximate surface area is 82.8 Å². The van der Waals surface area contributed by atoms with Gasteiger partial charge in [0.2, 0.25) is 0 Å². The molecule has 0 spiro atoms. The zero-order valence-corrected chi connectivity index (χ0v) is 8.03. The summed E-state index contributed by atoms with van der Waals surface area (Å²) in [7, 11) is 0.428. The second kappa shape index (κ2) is 4.86. The highest BCUT2D eigenvalue weighted by Gasteiger charge is 2.06. The van der Waals surface area contributed by atoms with Crippen LogP contribution < -0.4 is 9.39 Å². The quantitative estimate of drug-likeness (QED) is 0.743. The molecule has 0 aliphatic carbocycles. The third-order valence-corrected chi connectivity index (χ3v) is 1.45. The highest BCUT2D eigenvalue weighted by molar-refractivity contribution is 6.17. The first-order chi connectivity index (χ1) is 6.63. The molecule has 75 valence electrons. The minimum atomic E-state index is -0.550. The molecule has 0 aliphatic heterocycles. The van der Waals surface area contributed by atoms with Gasteiger partial charge in [-0.15, -0.1) is 0 Å². The van der Waals surface area contributed by atoms with Gasteiger partial charge in [-0.2, -0.15) is 0 Å². The van der Waals surface area contributed by atoms with E-state index in [9.17, 15) is 4.39 Å². The molecule has 0 fully saturated rings. The van der Waals surface area contributed by atoms with Gasteiger partial charge in [0.05, 0.1) is 6.10 Å². The molecule has 1 aromatic rings. The average molecular weight is 197 g/mol. The zero-order valence-electron chi connectivity index (χ0n) is 8.03. The maximum Gasteiger partial charge on any atom is 0.569 e. The van der Waals surface area contributed by atoms with Crippen LogP contribution in [-0.2, 0) is 0 Å². The fourth-order valence-electron chi connectivity index (χ4n) is 0.976. The van der Waals surface area contributed by atoms with Crippen LogP contribution in [0.15, 0.2) is 18.2 Å². The molecule has 1 N–H and O–H groups in total. The van der Waals surface area contributed by atoms with E-state index in [4.69, 9.17) is 9.76 Å². The SMILES string of the molecule is CC(C)Oc1ccc(F)c(O[B]O)c1. The van der Waals surface area contributed by atoms with Gasteiger partial charge in [-0.1, -0.05) is 0 Å². The molecule has 0 unspecified atom stereocenters. The molecular formula is C9H11BFO3. The van der Waals surface area contributed by atoms with Crippen molar-refractivity contribution in [2.45, 2.75) is 20.0 Å². The smallest absolute Gasteiger partial charge is 0.535 e. The van der Waals surface area contributed by atoms with E-state index in [-0.39, 0.29) is 11.9 Å². The van der Waals surface area contributed by atoms with E-state index in [1.807, 2.05) is 13.8 Å². The number of hydrogen-bond acceptors (Lipinski definition) is 3. The predicted molar refractivity (Wildman–Crippen MR) is 50.8 cm³/mol. The monoisotopic (exact) mass is 197 g/mol. The summed E-state index contributed by atoms with van der Waals surface area (Å²) in [4.78, 5) is 0. The molecule has 0 heterocycles. The summed E-state index contributed by atoms with van der Waals surface area (Å²) < 4.78 is 22.8. The molecule has 0 aliphatic rings. The first-order valence-electron chi connectivity index (χ1n) is 4.22. The van der Waals surface area contributed by atoms with E-state index in [1.54, 1.807) is 0 Å². The van der Waals surface area contributed by atoms with Crippen molar-refractivity contribution in [2.75, 3.05) is 0 Å². The average Bonchev–Trinajstić information content (AvgIpc) is 2.10. The lowest BCUT2D eigenvalue weighted by molar-refractivity contribution is 0.241. The van der Waals surface area contributed by atoms with E-state index >= 15 is 0 Å². The topological polar surface area (TPSA) is 38.7 Å². The van der Waals surface area contributed by atoms with Crippen molar-refractivity contribution >= 4 is 7.69 Å². The summed E-state index contributed by atoms with van der Waals surface area (Å²) in [5.74, 6) is -0.115. The van der Waals surface area contributed by atoms with Crippen LogP contribution in [-0.4, -0.2) is 18.8 Å². The van der Waals surface area contributed by atoms with Crippen molar-refractivity contribution in [3.8, 4) is 11.5 Å². The summed E-state index contributed by atoms with van der Waals surface area (Å²) >= 11 is 0. The molecule has 0 amide bonds. The lowest BCUT2D eigenvalue weighted by atomic mass is 10.3. The van der Waals surface area contributed by atoms with Crippen molar-refractivity contribution in [3.63, 3.8) is 0 Å². The van der Waals surface area contributed by atoms with E-state index < -0.39 is 5.82 Å². The first kappa shape index (κ1) is 10.9. The van der Waals surface area contributed by atoms with Gasteiger partial charge in [-0.3, -0.25) is 0 Å². The maximum absolute atomic E-state index is 13.0. The van der Waals surface area contributed by atoms with Crippen LogP contribution in [0.4, 0.5) is 4.39 Å². The Balaban J connectivity index is 2.83. The minimum absolute atomic E-state index is 0.00594. The fourth-order valence-corrected chi connectivity index (χ4v) is 0.976. The number of benzene rings is 1. The summed E-state index contributed by atoms with van der Waals surface area (Å²) in [5, 5.41) is 8.36. The Morgan fingerprint density at radius 2 is 2.14 bits per heavy atom. The van der Waals surface area contributed by atoms with Crippen molar-refractivity contribution in [1.29, 1.82) is 0 Å². The molecule has 1 rings (SSSR count). The highest BCUT2D eigenvalue weighted by Crippen LogP contribution is 2.23. The van der Waals surface area contributed by atoms with Crippen LogP contribution in [0, 0.1) is 5.82 Å². The number of ether oxygens (including phenoxy) is 1. The van der Waals surface area contributed by atoms with Gasteiger partial charge in [0.1, 0.15) is 11.5 Å². The molecule has 0 saturated heterocycles. The third kappa shape index (κ3) is 2.92. The van der Waals surface area contributed by atoms with E-state index in [0.29, 0.717) is 13.4 Å². The molecule has 3 nitrogen and oxygen atoms in total. The van der Waals surface area contributed by atoms with E-state index in [1.165, 1.54) is 18.2 Å². The van der Waals surface area contributed by atoms with Gasteiger partial charge in [0.15, 0.2) is 5.82 Å². The molecule has 0 saturated carbocycles. The summed E-state index contributed by atoms with van der Waals surface area (Å²) in [6.07, 6.45) is 0.00594. The van der Waals surface area contributed by atoms with Crippen molar-refractivity contribution in [3.05, 3.63) is 24.0 Å². The lowest BCUT2D eigenvalue weighted by Crippen LogP contribution is -2.07. The molecule has 0 aromatic heterocycles. The molecule has 5 heteroatoms. The van der Waals surface area contributed by atoms with Crippen molar-refractivity contribution in [2.24, 2.45) is 0 Å².